The van der Waals surface area contributed by atoms with Gasteiger partial charge in [-0.3, -0.25) is 9.89 Å². The smallest absolute Gasteiger partial charge is 0.246 e. The number of aryl methyl sites for hydroxylation is 2. The van der Waals surface area contributed by atoms with Crippen molar-refractivity contribution in [1.82, 2.24) is 19.8 Å². The number of amides is 1. The Morgan fingerprint density at radius 1 is 1.22 bits per heavy atom. The number of aromatic amines is 1. The molecule has 27 heavy (non-hydrogen) atoms. The van der Waals surface area contributed by atoms with Crippen LogP contribution < -0.4 is 14.8 Å². The zero-order valence-corrected chi connectivity index (χ0v) is 16.8. The van der Waals surface area contributed by atoms with Gasteiger partial charge in [-0.15, -0.1) is 0 Å². The van der Waals surface area contributed by atoms with E-state index in [1.54, 1.807) is 39.2 Å². The molecule has 0 spiro atoms. The summed E-state index contributed by atoms with van der Waals surface area (Å²) in [6.07, 6.45) is 0. The van der Waals surface area contributed by atoms with Gasteiger partial charge >= 0.3 is 0 Å². The van der Waals surface area contributed by atoms with Gasteiger partial charge in [-0.05, 0) is 31.5 Å². The van der Waals surface area contributed by atoms with E-state index in [0.717, 1.165) is 9.87 Å². The topological polar surface area (TPSA) is 114 Å². The standard InChI is InChI=1S/C17H24N4O5S/c1-11-17(12(2)20-19-11)27(23,24)21(3)10-16(22)18-9-13-6-7-14(25-4)15(8-13)26-5/h6-8H,9-10H2,1-5H3,(H,18,22)(H,19,20). The van der Waals surface area contributed by atoms with E-state index < -0.39 is 15.9 Å². The van der Waals surface area contributed by atoms with Crippen LogP contribution in [0.25, 0.3) is 0 Å². The number of aromatic nitrogens is 2. The summed E-state index contributed by atoms with van der Waals surface area (Å²) >= 11 is 0. The van der Waals surface area contributed by atoms with E-state index >= 15 is 0 Å². The maximum absolute atomic E-state index is 12.7. The first kappa shape index (κ1) is 20.7. The van der Waals surface area contributed by atoms with Crippen LogP contribution in [0.2, 0.25) is 0 Å². The van der Waals surface area contributed by atoms with Crippen LogP contribution in [0.15, 0.2) is 23.1 Å². The molecule has 0 atom stereocenters. The number of H-pyrrole nitrogens is 1. The average Bonchev–Trinajstić information content (AvgIpc) is 2.98. The summed E-state index contributed by atoms with van der Waals surface area (Å²) in [6, 6.07) is 5.28. The monoisotopic (exact) mass is 396 g/mol. The van der Waals surface area contributed by atoms with Gasteiger partial charge in [-0.2, -0.15) is 9.40 Å². The molecule has 2 N–H and O–H groups in total. The molecule has 148 valence electrons. The molecule has 1 aromatic heterocycles. The molecule has 0 fully saturated rings. The summed E-state index contributed by atoms with van der Waals surface area (Å²) in [5.74, 6) is 0.716. The number of nitrogens with one attached hydrogen (secondary N) is 2. The van der Waals surface area contributed by atoms with Gasteiger partial charge in [0.15, 0.2) is 11.5 Å². The SMILES string of the molecule is COc1ccc(CNC(=O)CN(C)S(=O)(=O)c2c(C)n[nH]c2C)cc1OC. The van der Waals surface area contributed by atoms with Crippen LogP contribution >= 0.6 is 0 Å². The number of methoxy groups -OCH3 is 2. The van der Waals surface area contributed by atoms with Gasteiger partial charge in [0, 0.05) is 13.6 Å². The van der Waals surface area contributed by atoms with Crippen molar-refractivity contribution in [2.75, 3.05) is 27.8 Å². The molecule has 0 saturated carbocycles. The van der Waals surface area contributed by atoms with Crippen LogP contribution in [0, 0.1) is 13.8 Å². The van der Waals surface area contributed by atoms with E-state index in [1.165, 1.54) is 14.2 Å². The highest BCUT2D eigenvalue weighted by Crippen LogP contribution is 2.27. The van der Waals surface area contributed by atoms with Crippen molar-refractivity contribution in [3.05, 3.63) is 35.2 Å². The number of hydrogen-bond acceptors (Lipinski definition) is 6. The van der Waals surface area contributed by atoms with Gasteiger partial charge in [0.2, 0.25) is 15.9 Å². The molecule has 0 aliphatic carbocycles. The highest BCUT2D eigenvalue weighted by Gasteiger charge is 2.28. The lowest BCUT2D eigenvalue weighted by molar-refractivity contribution is -0.121. The van der Waals surface area contributed by atoms with Crippen molar-refractivity contribution < 1.29 is 22.7 Å². The number of sulfonamides is 1. The van der Waals surface area contributed by atoms with Crippen molar-refractivity contribution in [3.8, 4) is 11.5 Å². The first-order valence-electron chi connectivity index (χ1n) is 8.16. The Hall–Kier alpha value is -2.59. The van der Waals surface area contributed by atoms with E-state index in [2.05, 4.69) is 15.5 Å². The Balaban J connectivity index is 2.01. The third kappa shape index (κ3) is 4.58. The number of hydrogen-bond donors (Lipinski definition) is 2. The molecule has 0 aliphatic heterocycles. The first-order chi connectivity index (χ1) is 12.7. The summed E-state index contributed by atoms with van der Waals surface area (Å²) in [6.45, 7) is 3.15. The molecule has 1 amide bonds. The lowest BCUT2D eigenvalue weighted by Crippen LogP contribution is -2.38. The first-order valence-corrected chi connectivity index (χ1v) is 9.60. The van der Waals surface area contributed by atoms with Crippen molar-refractivity contribution >= 4 is 15.9 Å². The van der Waals surface area contributed by atoms with Gasteiger partial charge in [-0.25, -0.2) is 8.42 Å². The fraction of sp³-hybridized carbons (Fsp3) is 0.412. The number of rotatable bonds is 8. The fourth-order valence-corrected chi connectivity index (χ4v) is 4.06. The highest BCUT2D eigenvalue weighted by molar-refractivity contribution is 7.89. The van der Waals surface area contributed by atoms with Crippen molar-refractivity contribution in [2.24, 2.45) is 0 Å². The van der Waals surface area contributed by atoms with E-state index in [0.29, 0.717) is 22.9 Å². The van der Waals surface area contributed by atoms with Gasteiger partial charge in [-0.1, -0.05) is 6.07 Å². The number of ether oxygens (including phenoxy) is 2. The second kappa shape index (κ2) is 8.40. The van der Waals surface area contributed by atoms with E-state index in [9.17, 15) is 13.2 Å². The quantitative estimate of drug-likeness (QED) is 0.688. The molecule has 1 heterocycles. The number of benzene rings is 1. The third-order valence-electron chi connectivity index (χ3n) is 4.03. The molecule has 2 aromatic rings. The van der Waals surface area contributed by atoms with Gasteiger partial charge in [0.1, 0.15) is 4.90 Å². The number of carbonyl (C=O) groups excluding carboxylic acids is 1. The van der Waals surface area contributed by atoms with Crippen LogP contribution in [0.3, 0.4) is 0 Å². The Bertz CT molecular complexity index is 904. The van der Waals surface area contributed by atoms with Crippen LogP contribution in [0.5, 0.6) is 11.5 Å². The second-order valence-corrected chi connectivity index (χ2v) is 7.97. The number of nitrogens with zero attached hydrogens (tertiary/aromatic N) is 2. The minimum absolute atomic E-state index is 0.0951. The summed E-state index contributed by atoms with van der Waals surface area (Å²) in [5.41, 5.74) is 1.60. The predicted molar refractivity (Wildman–Crippen MR) is 99.3 cm³/mol. The van der Waals surface area contributed by atoms with Gasteiger partial charge in [0.25, 0.3) is 0 Å². The molecule has 1 aromatic carbocycles. The fourth-order valence-electron chi connectivity index (χ4n) is 2.61. The summed E-state index contributed by atoms with van der Waals surface area (Å²) in [4.78, 5) is 12.3. The van der Waals surface area contributed by atoms with Crippen LogP contribution in [-0.4, -0.2) is 56.6 Å². The largest absolute Gasteiger partial charge is 0.493 e. The maximum Gasteiger partial charge on any atom is 0.246 e. The van der Waals surface area contributed by atoms with Crippen LogP contribution in [-0.2, 0) is 21.4 Å². The van der Waals surface area contributed by atoms with Crippen LogP contribution in [0.4, 0.5) is 0 Å². The van der Waals surface area contributed by atoms with E-state index in [4.69, 9.17) is 9.47 Å². The number of carbonyl (C=O) groups is 1. The number of likely N-dealkylation sites (N-methyl/N-ethyl adjacent to an activating group) is 1. The Morgan fingerprint density at radius 2 is 1.89 bits per heavy atom. The molecule has 0 bridgehead atoms. The lowest BCUT2D eigenvalue weighted by Gasteiger charge is -2.17. The van der Waals surface area contributed by atoms with Crippen molar-refractivity contribution in [2.45, 2.75) is 25.3 Å². The molecule has 0 saturated heterocycles. The maximum atomic E-state index is 12.7. The lowest BCUT2D eigenvalue weighted by atomic mass is 10.2. The Kier molecular flexibility index (Phi) is 6.45. The zero-order chi connectivity index (χ0) is 20.2. The van der Waals surface area contributed by atoms with Crippen molar-refractivity contribution in [3.63, 3.8) is 0 Å². The zero-order valence-electron chi connectivity index (χ0n) is 16.0. The highest BCUT2D eigenvalue weighted by atomic mass is 32.2. The molecular formula is C17H24N4O5S. The minimum atomic E-state index is -3.81. The molecule has 0 aliphatic rings. The third-order valence-corrected chi connectivity index (χ3v) is 6.10. The summed E-state index contributed by atoms with van der Waals surface area (Å²) in [5, 5.41) is 9.24. The summed E-state index contributed by atoms with van der Waals surface area (Å²) < 4.78 is 36.7. The normalized spacial score (nSPS) is 11.5. The Morgan fingerprint density at radius 3 is 2.44 bits per heavy atom. The molecule has 0 unspecified atom stereocenters. The van der Waals surface area contributed by atoms with E-state index in [-0.39, 0.29) is 18.0 Å². The predicted octanol–water partition coefficient (Wildman–Crippen LogP) is 0.981. The Labute approximate surface area is 158 Å². The summed E-state index contributed by atoms with van der Waals surface area (Å²) in [7, 11) is 0.614. The van der Waals surface area contributed by atoms with Gasteiger partial charge < -0.3 is 14.8 Å². The molecule has 0 radical (unpaired) electrons. The second-order valence-electron chi connectivity index (χ2n) is 5.99. The van der Waals surface area contributed by atoms with E-state index in [1.807, 2.05) is 0 Å². The van der Waals surface area contributed by atoms with Crippen LogP contribution in [0.1, 0.15) is 17.0 Å². The molecule has 2 rings (SSSR count). The minimum Gasteiger partial charge on any atom is -0.493 e. The van der Waals surface area contributed by atoms with Crippen molar-refractivity contribution in [1.29, 1.82) is 0 Å². The average molecular weight is 396 g/mol. The molecule has 9 nitrogen and oxygen atoms in total. The molecular weight excluding hydrogens is 372 g/mol. The van der Waals surface area contributed by atoms with Gasteiger partial charge in [0.05, 0.1) is 32.2 Å². The molecule has 10 heteroatoms.